The second-order valence-electron chi connectivity index (χ2n) is 6.36. The molecule has 3 rings (SSSR count). The number of nitrogens with one attached hydrogen (secondary N) is 1. The van der Waals surface area contributed by atoms with Gasteiger partial charge in [0.2, 0.25) is 5.95 Å². The van der Waals surface area contributed by atoms with Gasteiger partial charge in [-0.1, -0.05) is 13.3 Å². The van der Waals surface area contributed by atoms with E-state index in [1.54, 1.807) is 18.3 Å². The number of benzene rings is 1. The number of nitrogens with zero attached hydrogens (tertiary/aromatic N) is 3. The molecule has 0 atom stereocenters. The number of rotatable bonds is 8. The minimum absolute atomic E-state index is 0.137. The standard InChI is InChI=1S/C20H26N4O3/c1-2-3-12-27-18-6-4-16(5-7-18)19(25)22-15-17-8-9-21-20(23-17)24-10-13-26-14-11-24/h4-9H,2-3,10-15H2,1H3,(H,22,25). The van der Waals surface area contributed by atoms with E-state index in [4.69, 9.17) is 9.47 Å². The average Bonchev–Trinajstić information content (AvgIpc) is 2.73. The third kappa shape index (κ3) is 5.65. The SMILES string of the molecule is CCCCOc1ccc(C(=O)NCc2ccnc(N3CCOCC3)n2)cc1. The molecule has 1 aromatic heterocycles. The Morgan fingerprint density at radius 2 is 2.00 bits per heavy atom. The van der Waals surface area contributed by atoms with Gasteiger partial charge in [-0.15, -0.1) is 0 Å². The summed E-state index contributed by atoms with van der Waals surface area (Å²) < 4.78 is 11.0. The van der Waals surface area contributed by atoms with Crippen LogP contribution in [0.1, 0.15) is 35.8 Å². The maximum absolute atomic E-state index is 12.4. The molecule has 2 heterocycles. The van der Waals surface area contributed by atoms with E-state index < -0.39 is 0 Å². The molecular formula is C20H26N4O3. The molecule has 0 aliphatic carbocycles. The summed E-state index contributed by atoms with van der Waals surface area (Å²) in [6.45, 7) is 6.10. The summed E-state index contributed by atoms with van der Waals surface area (Å²) in [5.41, 5.74) is 1.37. The number of hydrogen-bond donors (Lipinski definition) is 1. The second-order valence-corrected chi connectivity index (χ2v) is 6.36. The van der Waals surface area contributed by atoms with Crippen LogP contribution in [-0.4, -0.2) is 48.8 Å². The van der Waals surface area contributed by atoms with Crippen LogP contribution >= 0.6 is 0 Å². The van der Waals surface area contributed by atoms with Gasteiger partial charge in [0.1, 0.15) is 5.75 Å². The van der Waals surface area contributed by atoms with Gasteiger partial charge in [-0.05, 0) is 36.8 Å². The van der Waals surface area contributed by atoms with Gasteiger partial charge in [-0.2, -0.15) is 0 Å². The Morgan fingerprint density at radius 3 is 2.74 bits per heavy atom. The summed E-state index contributed by atoms with van der Waals surface area (Å²) in [7, 11) is 0. The lowest BCUT2D eigenvalue weighted by Gasteiger charge is -2.26. The zero-order valence-corrected chi connectivity index (χ0v) is 15.7. The van der Waals surface area contributed by atoms with Crippen molar-refractivity contribution in [3.63, 3.8) is 0 Å². The number of aromatic nitrogens is 2. The fourth-order valence-corrected chi connectivity index (χ4v) is 2.71. The van der Waals surface area contributed by atoms with E-state index in [0.29, 0.717) is 37.9 Å². The van der Waals surface area contributed by atoms with Crippen LogP contribution in [0.4, 0.5) is 5.95 Å². The molecular weight excluding hydrogens is 344 g/mol. The number of carbonyl (C=O) groups is 1. The summed E-state index contributed by atoms with van der Waals surface area (Å²) in [4.78, 5) is 23.3. The van der Waals surface area contributed by atoms with Crippen molar-refractivity contribution in [2.75, 3.05) is 37.8 Å². The molecule has 7 nitrogen and oxygen atoms in total. The molecule has 1 fully saturated rings. The normalized spacial score (nSPS) is 14.0. The molecule has 1 aliphatic heterocycles. The Balaban J connectivity index is 1.52. The van der Waals surface area contributed by atoms with E-state index >= 15 is 0 Å². The Labute approximate surface area is 159 Å². The monoisotopic (exact) mass is 370 g/mol. The Hall–Kier alpha value is -2.67. The van der Waals surface area contributed by atoms with Gasteiger partial charge in [0.25, 0.3) is 5.91 Å². The van der Waals surface area contributed by atoms with Crippen molar-refractivity contribution >= 4 is 11.9 Å². The molecule has 1 N–H and O–H groups in total. The molecule has 0 radical (unpaired) electrons. The van der Waals surface area contributed by atoms with Crippen LogP contribution in [0.5, 0.6) is 5.75 Å². The molecule has 27 heavy (non-hydrogen) atoms. The highest BCUT2D eigenvalue weighted by Crippen LogP contribution is 2.13. The van der Waals surface area contributed by atoms with E-state index in [1.807, 2.05) is 18.2 Å². The molecule has 0 bridgehead atoms. The minimum atomic E-state index is -0.137. The van der Waals surface area contributed by atoms with Crippen LogP contribution in [0, 0.1) is 0 Å². The van der Waals surface area contributed by atoms with E-state index in [-0.39, 0.29) is 5.91 Å². The molecule has 144 valence electrons. The van der Waals surface area contributed by atoms with Crippen molar-refractivity contribution in [2.45, 2.75) is 26.3 Å². The van der Waals surface area contributed by atoms with E-state index in [0.717, 1.165) is 37.4 Å². The van der Waals surface area contributed by atoms with Crippen molar-refractivity contribution in [2.24, 2.45) is 0 Å². The zero-order chi connectivity index (χ0) is 18.9. The van der Waals surface area contributed by atoms with Gasteiger partial charge in [0.15, 0.2) is 0 Å². The first-order valence-electron chi connectivity index (χ1n) is 9.42. The highest BCUT2D eigenvalue weighted by atomic mass is 16.5. The summed E-state index contributed by atoms with van der Waals surface area (Å²) in [6, 6.07) is 9.01. The van der Waals surface area contributed by atoms with Crippen LogP contribution in [0.3, 0.4) is 0 Å². The molecule has 1 saturated heterocycles. The summed E-state index contributed by atoms with van der Waals surface area (Å²) in [5.74, 6) is 1.33. The van der Waals surface area contributed by atoms with Gasteiger partial charge in [0, 0.05) is 24.8 Å². The Kier molecular flexibility index (Phi) is 6.98. The smallest absolute Gasteiger partial charge is 0.251 e. The molecule has 0 unspecified atom stereocenters. The van der Waals surface area contributed by atoms with Crippen LogP contribution in [0.15, 0.2) is 36.5 Å². The van der Waals surface area contributed by atoms with Crippen LogP contribution in [0.2, 0.25) is 0 Å². The fourth-order valence-electron chi connectivity index (χ4n) is 2.71. The van der Waals surface area contributed by atoms with Crippen molar-refractivity contribution < 1.29 is 14.3 Å². The van der Waals surface area contributed by atoms with Crippen molar-refractivity contribution in [1.29, 1.82) is 0 Å². The first-order valence-corrected chi connectivity index (χ1v) is 9.42. The van der Waals surface area contributed by atoms with Crippen LogP contribution < -0.4 is 15.0 Å². The number of anilines is 1. The van der Waals surface area contributed by atoms with Crippen LogP contribution in [0.25, 0.3) is 0 Å². The maximum atomic E-state index is 12.4. The Morgan fingerprint density at radius 1 is 1.22 bits per heavy atom. The van der Waals surface area contributed by atoms with Gasteiger partial charge < -0.3 is 19.7 Å². The number of unbranched alkanes of at least 4 members (excludes halogenated alkanes) is 1. The van der Waals surface area contributed by atoms with E-state index in [9.17, 15) is 4.79 Å². The average molecular weight is 370 g/mol. The van der Waals surface area contributed by atoms with E-state index in [2.05, 4.69) is 27.1 Å². The summed E-state index contributed by atoms with van der Waals surface area (Å²) in [5, 5.41) is 2.90. The third-order valence-corrected chi connectivity index (χ3v) is 4.31. The molecule has 1 aliphatic rings. The van der Waals surface area contributed by atoms with Crippen molar-refractivity contribution in [3.8, 4) is 5.75 Å². The second kappa shape index (κ2) is 9.87. The van der Waals surface area contributed by atoms with Crippen LogP contribution in [-0.2, 0) is 11.3 Å². The quantitative estimate of drug-likeness (QED) is 0.719. The fraction of sp³-hybridized carbons (Fsp3) is 0.450. The molecule has 2 aromatic rings. The van der Waals surface area contributed by atoms with Crippen molar-refractivity contribution in [1.82, 2.24) is 15.3 Å². The molecule has 1 amide bonds. The lowest BCUT2D eigenvalue weighted by Crippen LogP contribution is -2.37. The first-order chi connectivity index (χ1) is 13.3. The number of amides is 1. The predicted octanol–water partition coefficient (Wildman–Crippen LogP) is 2.42. The number of hydrogen-bond acceptors (Lipinski definition) is 6. The lowest BCUT2D eigenvalue weighted by molar-refractivity contribution is 0.0950. The van der Waals surface area contributed by atoms with Gasteiger partial charge >= 0.3 is 0 Å². The van der Waals surface area contributed by atoms with Gasteiger partial charge in [0.05, 0.1) is 32.1 Å². The molecule has 0 saturated carbocycles. The number of carbonyl (C=O) groups excluding carboxylic acids is 1. The molecule has 1 aromatic carbocycles. The molecule has 0 spiro atoms. The third-order valence-electron chi connectivity index (χ3n) is 4.31. The Bertz CT molecular complexity index is 730. The highest BCUT2D eigenvalue weighted by Gasteiger charge is 2.14. The summed E-state index contributed by atoms with van der Waals surface area (Å²) >= 11 is 0. The number of morpholine rings is 1. The van der Waals surface area contributed by atoms with Crippen molar-refractivity contribution in [3.05, 3.63) is 47.8 Å². The van der Waals surface area contributed by atoms with Gasteiger partial charge in [-0.25, -0.2) is 9.97 Å². The van der Waals surface area contributed by atoms with Gasteiger partial charge in [-0.3, -0.25) is 4.79 Å². The zero-order valence-electron chi connectivity index (χ0n) is 15.7. The number of ether oxygens (including phenoxy) is 2. The first kappa shape index (κ1) is 19.1. The topological polar surface area (TPSA) is 76.6 Å². The predicted molar refractivity (Wildman–Crippen MR) is 103 cm³/mol. The van der Waals surface area contributed by atoms with E-state index in [1.165, 1.54) is 0 Å². The summed E-state index contributed by atoms with van der Waals surface area (Å²) in [6.07, 6.45) is 3.84. The highest BCUT2D eigenvalue weighted by molar-refractivity contribution is 5.94. The largest absolute Gasteiger partial charge is 0.494 e. The molecule has 7 heteroatoms. The minimum Gasteiger partial charge on any atom is -0.494 e. The lowest BCUT2D eigenvalue weighted by atomic mass is 10.2. The maximum Gasteiger partial charge on any atom is 0.251 e.